The first-order valence-corrected chi connectivity index (χ1v) is 6.54. The van der Waals surface area contributed by atoms with E-state index in [1.54, 1.807) is 6.92 Å². The van der Waals surface area contributed by atoms with Gasteiger partial charge in [0.2, 0.25) is 0 Å². The third-order valence-corrected chi connectivity index (χ3v) is 2.30. The number of rotatable bonds is 10. The van der Waals surface area contributed by atoms with E-state index in [1.807, 2.05) is 6.92 Å². The maximum absolute atomic E-state index is 10.9. The number of carbonyl (C=O) groups is 1. The SMILES string of the molecule is CCOC(=O)COCCNCC(C)(O)CC(C)C. The van der Waals surface area contributed by atoms with Gasteiger partial charge in [0.1, 0.15) is 6.61 Å². The van der Waals surface area contributed by atoms with E-state index in [2.05, 4.69) is 19.2 Å². The van der Waals surface area contributed by atoms with Crippen molar-refractivity contribution in [1.29, 1.82) is 0 Å². The maximum Gasteiger partial charge on any atom is 0.332 e. The van der Waals surface area contributed by atoms with Crippen molar-refractivity contribution in [3.05, 3.63) is 0 Å². The summed E-state index contributed by atoms with van der Waals surface area (Å²) in [5.41, 5.74) is -0.699. The molecule has 5 nitrogen and oxygen atoms in total. The van der Waals surface area contributed by atoms with Crippen LogP contribution in [0.1, 0.15) is 34.1 Å². The zero-order valence-electron chi connectivity index (χ0n) is 12.0. The molecular formula is C13H27NO4. The number of ether oxygens (including phenoxy) is 2. The fraction of sp³-hybridized carbons (Fsp3) is 0.923. The Hall–Kier alpha value is -0.650. The first-order valence-electron chi connectivity index (χ1n) is 6.54. The molecule has 0 aliphatic carbocycles. The summed E-state index contributed by atoms with van der Waals surface area (Å²) in [6, 6.07) is 0. The molecule has 5 heteroatoms. The minimum Gasteiger partial charge on any atom is -0.464 e. The molecule has 0 saturated heterocycles. The minimum atomic E-state index is -0.699. The van der Waals surface area contributed by atoms with Crippen molar-refractivity contribution >= 4 is 5.97 Å². The standard InChI is InChI=1S/C13H27NO4/c1-5-18-12(15)9-17-7-6-14-10-13(4,16)8-11(2)3/h11,14,16H,5-10H2,1-4H3. The summed E-state index contributed by atoms with van der Waals surface area (Å²) in [5, 5.41) is 13.1. The lowest BCUT2D eigenvalue weighted by molar-refractivity contribution is -0.148. The van der Waals surface area contributed by atoms with Crippen LogP contribution in [-0.4, -0.2) is 49.6 Å². The van der Waals surface area contributed by atoms with Gasteiger partial charge in [0.25, 0.3) is 0 Å². The number of aliphatic hydroxyl groups is 1. The molecule has 0 spiro atoms. The summed E-state index contributed by atoms with van der Waals surface area (Å²) in [7, 11) is 0. The van der Waals surface area contributed by atoms with Gasteiger partial charge in [-0.15, -0.1) is 0 Å². The Bertz CT molecular complexity index is 229. The van der Waals surface area contributed by atoms with Crippen LogP contribution in [0.3, 0.4) is 0 Å². The van der Waals surface area contributed by atoms with Crippen molar-refractivity contribution in [2.24, 2.45) is 5.92 Å². The molecule has 0 aromatic heterocycles. The van der Waals surface area contributed by atoms with E-state index < -0.39 is 5.60 Å². The van der Waals surface area contributed by atoms with Gasteiger partial charge in [-0.2, -0.15) is 0 Å². The van der Waals surface area contributed by atoms with Gasteiger partial charge in [-0.3, -0.25) is 0 Å². The molecule has 1 atom stereocenters. The van der Waals surface area contributed by atoms with Crippen molar-refractivity contribution in [2.45, 2.75) is 39.7 Å². The predicted octanol–water partition coefficient (Wildman–Crippen LogP) is 0.953. The normalized spacial score (nSPS) is 14.6. The van der Waals surface area contributed by atoms with Gasteiger partial charge in [-0.1, -0.05) is 13.8 Å². The van der Waals surface area contributed by atoms with Gasteiger partial charge < -0.3 is 19.9 Å². The van der Waals surface area contributed by atoms with E-state index in [-0.39, 0.29) is 12.6 Å². The molecule has 0 aromatic carbocycles. The van der Waals surface area contributed by atoms with Crippen molar-refractivity contribution in [1.82, 2.24) is 5.32 Å². The lowest BCUT2D eigenvalue weighted by Gasteiger charge is -2.25. The molecule has 0 aromatic rings. The van der Waals surface area contributed by atoms with E-state index in [4.69, 9.17) is 9.47 Å². The second-order valence-corrected chi connectivity index (χ2v) is 5.13. The number of nitrogens with one attached hydrogen (secondary N) is 1. The van der Waals surface area contributed by atoms with E-state index in [0.29, 0.717) is 32.2 Å². The van der Waals surface area contributed by atoms with Crippen LogP contribution in [0.4, 0.5) is 0 Å². The quantitative estimate of drug-likeness (QED) is 0.453. The van der Waals surface area contributed by atoms with Crippen LogP contribution >= 0.6 is 0 Å². The topological polar surface area (TPSA) is 67.8 Å². The van der Waals surface area contributed by atoms with Gasteiger partial charge in [0.05, 0.1) is 18.8 Å². The van der Waals surface area contributed by atoms with Crippen LogP contribution in [-0.2, 0) is 14.3 Å². The Kier molecular flexibility index (Phi) is 8.97. The molecule has 0 fully saturated rings. The summed E-state index contributed by atoms with van der Waals surface area (Å²) >= 11 is 0. The van der Waals surface area contributed by atoms with Gasteiger partial charge in [-0.05, 0) is 26.2 Å². The Morgan fingerprint density at radius 2 is 2.11 bits per heavy atom. The molecule has 0 rings (SSSR count). The zero-order chi connectivity index (χ0) is 14.0. The van der Waals surface area contributed by atoms with E-state index in [1.165, 1.54) is 0 Å². The molecule has 0 radical (unpaired) electrons. The molecule has 2 N–H and O–H groups in total. The monoisotopic (exact) mass is 261 g/mol. The zero-order valence-corrected chi connectivity index (χ0v) is 12.0. The Balaban J connectivity index is 3.47. The Labute approximate surface area is 110 Å². The fourth-order valence-electron chi connectivity index (χ4n) is 1.81. The van der Waals surface area contributed by atoms with Crippen molar-refractivity contribution in [3.8, 4) is 0 Å². The van der Waals surface area contributed by atoms with E-state index in [9.17, 15) is 9.90 Å². The molecule has 0 saturated carbocycles. The molecule has 0 aliphatic rings. The van der Waals surface area contributed by atoms with Crippen molar-refractivity contribution < 1.29 is 19.4 Å². The summed E-state index contributed by atoms with van der Waals surface area (Å²) in [4.78, 5) is 10.9. The molecule has 18 heavy (non-hydrogen) atoms. The van der Waals surface area contributed by atoms with Crippen LogP contribution in [0.25, 0.3) is 0 Å². The highest BCUT2D eigenvalue weighted by Gasteiger charge is 2.20. The summed E-state index contributed by atoms with van der Waals surface area (Å²) in [5.74, 6) is 0.117. The van der Waals surface area contributed by atoms with Crippen molar-refractivity contribution in [2.75, 3.05) is 32.9 Å². The van der Waals surface area contributed by atoms with E-state index >= 15 is 0 Å². The van der Waals surface area contributed by atoms with Crippen LogP contribution < -0.4 is 5.32 Å². The number of hydrogen-bond donors (Lipinski definition) is 2. The summed E-state index contributed by atoms with van der Waals surface area (Å²) < 4.78 is 9.85. The molecule has 0 heterocycles. The van der Waals surface area contributed by atoms with Gasteiger partial charge in [0, 0.05) is 13.1 Å². The average Bonchev–Trinajstić information content (AvgIpc) is 2.21. The lowest BCUT2D eigenvalue weighted by atomic mass is 9.94. The molecular weight excluding hydrogens is 234 g/mol. The first-order chi connectivity index (χ1) is 8.37. The lowest BCUT2D eigenvalue weighted by Crippen LogP contribution is -2.40. The van der Waals surface area contributed by atoms with Crippen LogP contribution in [0.5, 0.6) is 0 Å². The maximum atomic E-state index is 10.9. The largest absolute Gasteiger partial charge is 0.464 e. The van der Waals surface area contributed by atoms with Crippen LogP contribution in [0.15, 0.2) is 0 Å². The van der Waals surface area contributed by atoms with Gasteiger partial charge in [0.15, 0.2) is 0 Å². The van der Waals surface area contributed by atoms with Crippen LogP contribution in [0, 0.1) is 5.92 Å². The third-order valence-electron chi connectivity index (χ3n) is 2.30. The first kappa shape index (κ1) is 17.4. The molecule has 1 unspecified atom stereocenters. The third kappa shape index (κ3) is 10.5. The number of carbonyl (C=O) groups excluding carboxylic acids is 1. The van der Waals surface area contributed by atoms with Gasteiger partial charge >= 0.3 is 5.97 Å². The Morgan fingerprint density at radius 1 is 1.44 bits per heavy atom. The second kappa shape index (κ2) is 9.30. The molecule has 0 bridgehead atoms. The second-order valence-electron chi connectivity index (χ2n) is 5.13. The van der Waals surface area contributed by atoms with Gasteiger partial charge in [-0.25, -0.2) is 4.79 Å². The average molecular weight is 261 g/mol. The van der Waals surface area contributed by atoms with E-state index in [0.717, 1.165) is 6.42 Å². The molecule has 0 amide bonds. The molecule has 0 aliphatic heterocycles. The molecule has 108 valence electrons. The van der Waals surface area contributed by atoms with Crippen molar-refractivity contribution in [3.63, 3.8) is 0 Å². The predicted molar refractivity (Wildman–Crippen MR) is 70.4 cm³/mol. The highest BCUT2D eigenvalue weighted by Crippen LogP contribution is 2.14. The minimum absolute atomic E-state index is 0.0160. The number of esters is 1. The Morgan fingerprint density at radius 3 is 2.67 bits per heavy atom. The van der Waals surface area contributed by atoms with Crippen LogP contribution in [0.2, 0.25) is 0 Å². The number of hydrogen-bond acceptors (Lipinski definition) is 5. The highest BCUT2D eigenvalue weighted by atomic mass is 16.6. The highest BCUT2D eigenvalue weighted by molar-refractivity contribution is 5.70. The summed E-state index contributed by atoms with van der Waals surface area (Å²) in [6.45, 7) is 9.65. The smallest absolute Gasteiger partial charge is 0.332 e. The summed E-state index contributed by atoms with van der Waals surface area (Å²) in [6.07, 6.45) is 0.754. The fourth-order valence-corrected chi connectivity index (χ4v) is 1.81.